The fourth-order valence-corrected chi connectivity index (χ4v) is 6.89. The van der Waals surface area contributed by atoms with Crippen LogP contribution in [-0.2, 0) is 30.3 Å². The molecule has 0 fully saturated rings. The number of aliphatic hydroxyl groups is 1. The molecule has 0 spiro atoms. The Labute approximate surface area is 286 Å². The van der Waals surface area contributed by atoms with Crippen molar-refractivity contribution >= 4 is 38.1 Å². The molecular formula is C39H45IrN2O2S-. The van der Waals surface area contributed by atoms with Gasteiger partial charge in [-0.25, -0.2) is 4.98 Å². The number of allylic oxidation sites excluding steroid dienone is 2. The normalized spacial score (nSPS) is 12.0. The van der Waals surface area contributed by atoms with E-state index in [0.29, 0.717) is 0 Å². The van der Waals surface area contributed by atoms with Crippen molar-refractivity contribution in [2.24, 2.45) is 11.8 Å². The van der Waals surface area contributed by atoms with E-state index in [2.05, 4.69) is 97.0 Å². The summed E-state index contributed by atoms with van der Waals surface area (Å²) >= 11 is 1.81. The summed E-state index contributed by atoms with van der Waals surface area (Å²) < 4.78 is 1.13. The van der Waals surface area contributed by atoms with Crippen LogP contribution in [0.1, 0.15) is 76.3 Å². The molecule has 4 nitrogen and oxygen atoms in total. The maximum atomic E-state index is 11.0. The molecule has 2 aromatic heterocycles. The van der Waals surface area contributed by atoms with Crippen LogP contribution in [0.5, 0.6) is 0 Å². The second-order valence-corrected chi connectivity index (χ2v) is 14.4. The molecule has 0 unspecified atom stereocenters. The van der Waals surface area contributed by atoms with Crippen LogP contribution >= 0.6 is 11.3 Å². The van der Waals surface area contributed by atoms with E-state index in [-0.39, 0.29) is 48.9 Å². The van der Waals surface area contributed by atoms with Crippen molar-refractivity contribution in [2.75, 3.05) is 0 Å². The molecule has 0 aliphatic heterocycles. The van der Waals surface area contributed by atoms with Crippen molar-refractivity contribution < 1.29 is 30.0 Å². The van der Waals surface area contributed by atoms with Crippen LogP contribution in [0.3, 0.4) is 0 Å². The largest absolute Gasteiger partial charge is 0.512 e. The number of ketones is 1. The third-order valence-corrected chi connectivity index (χ3v) is 9.20. The number of aryl methyl sites for hydroxylation is 4. The van der Waals surface area contributed by atoms with Crippen LogP contribution in [-0.4, -0.2) is 20.9 Å². The van der Waals surface area contributed by atoms with Gasteiger partial charge in [-0.15, -0.1) is 40.5 Å². The summed E-state index contributed by atoms with van der Waals surface area (Å²) in [6.07, 6.45) is 3.02. The molecule has 5 aromatic rings. The first kappa shape index (κ1) is 36.3. The van der Waals surface area contributed by atoms with Crippen LogP contribution < -0.4 is 0 Å². The number of nitrogens with zero attached hydrogens (tertiary/aromatic N) is 2. The zero-order valence-corrected chi connectivity index (χ0v) is 31.6. The number of rotatable bonds is 5. The Balaban J connectivity index is 0.000000397. The number of carbonyl (C=O) groups is 1. The van der Waals surface area contributed by atoms with Gasteiger partial charge in [-0.05, 0) is 55.4 Å². The SMILES string of the molecule is CC(C)C(=O)/C=C(\O)C(C)C.Cc1cc(C)c(-c2sc3c(-c4[c-]c5ccccc5c(C(C)(C)C)c4)ncnc3c2C)c(C)c1.[Ir]. The fourth-order valence-electron chi connectivity index (χ4n) is 5.45. The van der Waals surface area contributed by atoms with Crippen molar-refractivity contribution in [3.63, 3.8) is 0 Å². The van der Waals surface area contributed by atoms with Crippen molar-refractivity contribution in [2.45, 2.75) is 81.6 Å². The Morgan fingerprint density at radius 1 is 0.933 bits per heavy atom. The van der Waals surface area contributed by atoms with Crippen LogP contribution in [0.2, 0.25) is 0 Å². The first-order valence-corrected chi connectivity index (χ1v) is 16.1. The van der Waals surface area contributed by atoms with E-state index < -0.39 is 0 Å². The van der Waals surface area contributed by atoms with Crippen molar-refractivity contribution in [1.82, 2.24) is 9.97 Å². The van der Waals surface area contributed by atoms with Gasteiger partial charge in [0, 0.05) is 53.3 Å². The van der Waals surface area contributed by atoms with E-state index >= 15 is 0 Å². The summed E-state index contributed by atoms with van der Waals surface area (Å²) in [5.74, 6) is 0.161. The molecule has 0 bridgehead atoms. The molecule has 0 saturated heterocycles. The molecule has 1 N–H and O–H groups in total. The number of aliphatic hydroxyl groups excluding tert-OH is 1. The maximum absolute atomic E-state index is 11.0. The van der Waals surface area contributed by atoms with Crippen molar-refractivity contribution in [3.8, 4) is 21.7 Å². The van der Waals surface area contributed by atoms with Crippen LogP contribution in [0.4, 0.5) is 0 Å². The summed E-state index contributed by atoms with van der Waals surface area (Å²) in [6.45, 7) is 22.9. The average Bonchev–Trinajstić information content (AvgIpc) is 3.27. The molecule has 0 aliphatic carbocycles. The molecule has 2 heterocycles. The predicted molar refractivity (Wildman–Crippen MR) is 188 cm³/mol. The van der Waals surface area contributed by atoms with Crippen LogP contribution in [0, 0.1) is 45.6 Å². The van der Waals surface area contributed by atoms with E-state index in [9.17, 15) is 9.90 Å². The number of hydrogen-bond donors (Lipinski definition) is 1. The third-order valence-electron chi connectivity index (χ3n) is 7.90. The summed E-state index contributed by atoms with van der Waals surface area (Å²) in [6, 6.07) is 19.0. The number of aromatic nitrogens is 2. The van der Waals surface area contributed by atoms with Gasteiger partial charge in [0.05, 0.1) is 11.3 Å². The number of carbonyl (C=O) groups excluding carboxylic acids is 1. The van der Waals surface area contributed by atoms with Gasteiger partial charge in [0.1, 0.15) is 6.33 Å². The molecule has 5 rings (SSSR count). The molecule has 0 atom stereocenters. The zero-order chi connectivity index (χ0) is 32.5. The molecule has 3 aromatic carbocycles. The van der Waals surface area contributed by atoms with Gasteiger partial charge in [0.2, 0.25) is 0 Å². The van der Waals surface area contributed by atoms with Crippen molar-refractivity contribution in [3.05, 3.63) is 94.5 Å². The van der Waals surface area contributed by atoms with Gasteiger partial charge in [-0.1, -0.05) is 95.3 Å². The Kier molecular flexibility index (Phi) is 11.7. The first-order valence-electron chi connectivity index (χ1n) is 15.3. The second kappa shape index (κ2) is 14.5. The summed E-state index contributed by atoms with van der Waals surface area (Å²) in [7, 11) is 0. The Hall–Kier alpha value is -3.18. The average molecular weight is 798 g/mol. The van der Waals surface area contributed by atoms with E-state index in [1.165, 1.54) is 49.7 Å². The van der Waals surface area contributed by atoms with E-state index in [1.54, 1.807) is 17.7 Å². The minimum atomic E-state index is -0.0316. The second-order valence-electron chi connectivity index (χ2n) is 13.4. The molecular weight excluding hydrogens is 753 g/mol. The van der Waals surface area contributed by atoms with Gasteiger partial charge in [-0.2, -0.15) is 0 Å². The first-order chi connectivity index (χ1) is 20.6. The quantitative estimate of drug-likeness (QED) is 0.109. The molecule has 45 heavy (non-hydrogen) atoms. The molecule has 1 radical (unpaired) electrons. The third kappa shape index (κ3) is 7.98. The van der Waals surface area contributed by atoms with Gasteiger partial charge < -0.3 is 5.11 Å². The predicted octanol–water partition coefficient (Wildman–Crippen LogP) is 10.8. The van der Waals surface area contributed by atoms with E-state index in [4.69, 9.17) is 9.97 Å². The Morgan fingerprint density at radius 2 is 1.56 bits per heavy atom. The minimum Gasteiger partial charge on any atom is -0.512 e. The number of fused-ring (bicyclic) bond motifs is 2. The summed E-state index contributed by atoms with van der Waals surface area (Å²) in [4.78, 5) is 21.8. The number of hydrogen-bond acceptors (Lipinski definition) is 5. The minimum absolute atomic E-state index is 0. The van der Waals surface area contributed by atoms with Gasteiger partial charge in [0.15, 0.2) is 5.78 Å². The monoisotopic (exact) mass is 798 g/mol. The van der Waals surface area contributed by atoms with Crippen LogP contribution in [0.15, 0.2) is 60.6 Å². The molecule has 0 amide bonds. The maximum Gasteiger partial charge on any atom is 0.161 e. The number of thiophene rings is 1. The smallest absolute Gasteiger partial charge is 0.161 e. The standard InChI is InChI=1S/C30H29N2S.C9H16O2.Ir/c1-17-12-18(2)25(19(3)13-17)28-20(4)26-29(33-28)27(32-16-31-26)22-14-21-10-8-9-11-23(21)24(15-22)30(5,6)7;1-6(2)8(10)5-9(11)7(3)4;/h8-13,15-16H,1-7H3;5-7,10H,1-4H3;/q-1;;/b;8-5-;. The van der Waals surface area contributed by atoms with E-state index in [0.717, 1.165) is 26.9 Å². The van der Waals surface area contributed by atoms with E-state index in [1.807, 2.05) is 27.7 Å². The molecule has 0 aliphatic rings. The molecule has 6 heteroatoms. The van der Waals surface area contributed by atoms with Gasteiger partial charge in [0.25, 0.3) is 0 Å². The van der Waals surface area contributed by atoms with Crippen molar-refractivity contribution in [1.29, 1.82) is 0 Å². The zero-order valence-electron chi connectivity index (χ0n) is 28.3. The fraction of sp³-hybridized carbons (Fsp3) is 0.359. The van der Waals surface area contributed by atoms with Crippen LogP contribution in [0.25, 0.3) is 42.7 Å². The topological polar surface area (TPSA) is 63.1 Å². The summed E-state index contributed by atoms with van der Waals surface area (Å²) in [5, 5.41) is 11.6. The number of benzene rings is 3. The Bertz CT molecular complexity index is 1850. The molecule has 239 valence electrons. The Morgan fingerprint density at radius 3 is 2.13 bits per heavy atom. The van der Waals surface area contributed by atoms with Gasteiger partial charge in [-0.3, -0.25) is 9.78 Å². The van der Waals surface area contributed by atoms with Gasteiger partial charge >= 0.3 is 0 Å². The molecule has 0 saturated carbocycles. The summed E-state index contributed by atoms with van der Waals surface area (Å²) in [5.41, 5.74) is 10.9.